The van der Waals surface area contributed by atoms with Crippen molar-refractivity contribution < 1.29 is 13.2 Å². The van der Waals surface area contributed by atoms with Gasteiger partial charge in [-0.15, -0.1) is 0 Å². The SMILES string of the molecule is [C-]#[N+]c1cccc(-c2ccc3c(c2)c2ccccc2n3-c2ccc(-c3ccc(C(F)(F)F)cc3[N+]#[C-])cc2-c2c([N+]#[C-])cccc2-n2c3ccccc3c3cc(-c4cccc(C#N)c4)ccc32)c1. The van der Waals surface area contributed by atoms with Gasteiger partial charge in [0.2, 0.25) is 0 Å². The standard InChI is InChI=1S/C59H31F3N6/c1-64-43-14-9-13-38(30-43)40-22-26-54-47(32-40)45-15-4-6-18-52(45)67(54)56-28-23-41(44-25-24-42(59(60,61)62)34-51(44)66-3)33-49(56)58-50(65-2)17-10-20-57(58)68-53-19-7-5-16-46(53)48-31-39(21-27-55(48)68)37-12-8-11-36(29-37)35-63/h4-34H. The van der Waals surface area contributed by atoms with Crippen LogP contribution in [0.15, 0.2) is 188 Å². The maximum atomic E-state index is 14.0. The second-order valence-electron chi connectivity index (χ2n) is 16.4. The Morgan fingerprint density at radius 2 is 1.00 bits per heavy atom. The quantitative estimate of drug-likeness (QED) is 0.154. The topological polar surface area (TPSA) is 46.7 Å². The van der Waals surface area contributed by atoms with Crippen molar-refractivity contribution in [3.63, 3.8) is 0 Å². The Balaban J connectivity index is 1.22. The summed E-state index contributed by atoms with van der Waals surface area (Å²) in [5.74, 6) is 0. The largest absolute Gasteiger partial charge is 0.415 e. The van der Waals surface area contributed by atoms with E-state index in [9.17, 15) is 18.4 Å². The van der Waals surface area contributed by atoms with Gasteiger partial charge in [0.15, 0.2) is 17.1 Å². The van der Waals surface area contributed by atoms with Gasteiger partial charge in [-0.1, -0.05) is 109 Å². The van der Waals surface area contributed by atoms with Crippen LogP contribution in [0.5, 0.6) is 0 Å². The third kappa shape index (κ3) is 6.71. The highest BCUT2D eigenvalue weighted by molar-refractivity contribution is 6.13. The maximum Gasteiger partial charge on any atom is 0.415 e. The second kappa shape index (κ2) is 16.1. The number of nitriles is 1. The monoisotopic (exact) mass is 880 g/mol. The molecule has 0 atom stereocenters. The van der Waals surface area contributed by atoms with Crippen LogP contribution in [0.4, 0.5) is 30.2 Å². The molecule has 0 aliphatic heterocycles. The average molecular weight is 881 g/mol. The minimum atomic E-state index is -4.64. The first kappa shape index (κ1) is 41.1. The van der Waals surface area contributed by atoms with E-state index in [1.807, 2.05) is 115 Å². The first-order chi connectivity index (χ1) is 33.2. The normalized spacial score (nSPS) is 11.4. The summed E-state index contributed by atoms with van der Waals surface area (Å²) in [7, 11) is 0. The molecule has 0 unspecified atom stereocenters. The van der Waals surface area contributed by atoms with Crippen molar-refractivity contribution >= 4 is 60.7 Å². The number of halogens is 3. The molecule has 9 aromatic carbocycles. The van der Waals surface area contributed by atoms with Crippen LogP contribution >= 0.6 is 0 Å². The molecule has 0 saturated heterocycles. The molecule has 0 aliphatic rings. The van der Waals surface area contributed by atoms with Gasteiger partial charge in [0, 0.05) is 38.4 Å². The molecule has 0 radical (unpaired) electrons. The van der Waals surface area contributed by atoms with Gasteiger partial charge in [0.25, 0.3) is 0 Å². The summed E-state index contributed by atoms with van der Waals surface area (Å²) in [5.41, 5.74) is 11.0. The van der Waals surface area contributed by atoms with E-state index in [-0.39, 0.29) is 5.69 Å². The van der Waals surface area contributed by atoms with E-state index in [1.54, 1.807) is 18.2 Å². The van der Waals surface area contributed by atoms with Gasteiger partial charge >= 0.3 is 6.18 Å². The van der Waals surface area contributed by atoms with Gasteiger partial charge in [-0.25, -0.2) is 14.5 Å². The van der Waals surface area contributed by atoms with Crippen molar-refractivity contribution in [2.75, 3.05) is 0 Å². The Morgan fingerprint density at radius 1 is 0.426 bits per heavy atom. The molecule has 318 valence electrons. The molecular weight excluding hydrogens is 850 g/mol. The van der Waals surface area contributed by atoms with Crippen LogP contribution < -0.4 is 0 Å². The van der Waals surface area contributed by atoms with Crippen molar-refractivity contribution in [2.24, 2.45) is 0 Å². The van der Waals surface area contributed by atoms with Gasteiger partial charge in [-0.3, -0.25) is 0 Å². The Bertz CT molecular complexity index is 4090. The minimum absolute atomic E-state index is 0.151. The zero-order valence-corrected chi connectivity index (χ0v) is 35.7. The number of para-hydroxylation sites is 2. The predicted molar refractivity (Wildman–Crippen MR) is 265 cm³/mol. The lowest BCUT2D eigenvalue weighted by molar-refractivity contribution is -0.137. The molecule has 6 nitrogen and oxygen atoms in total. The van der Waals surface area contributed by atoms with Gasteiger partial charge < -0.3 is 9.13 Å². The number of benzene rings is 9. The van der Waals surface area contributed by atoms with Crippen LogP contribution in [0.1, 0.15) is 11.1 Å². The smallest absolute Gasteiger partial charge is 0.310 e. The molecule has 0 fully saturated rings. The van der Waals surface area contributed by atoms with Crippen molar-refractivity contribution in [3.05, 3.63) is 233 Å². The molecule has 11 aromatic rings. The molecule has 0 aliphatic carbocycles. The highest BCUT2D eigenvalue weighted by atomic mass is 19.4. The average Bonchev–Trinajstić information content (AvgIpc) is 3.89. The number of hydrogen-bond donors (Lipinski definition) is 0. The van der Waals surface area contributed by atoms with Gasteiger partial charge in [0.05, 0.1) is 59.1 Å². The van der Waals surface area contributed by atoms with Crippen molar-refractivity contribution in [3.8, 4) is 62.0 Å². The lowest BCUT2D eigenvalue weighted by Gasteiger charge is -2.21. The Morgan fingerprint density at radius 3 is 1.63 bits per heavy atom. The third-order valence-corrected chi connectivity index (χ3v) is 12.6. The number of rotatable bonds is 6. The fourth-order valence-electron chi connectivity index (χ4n) is 9.57. The Hall–Kier alpha value is -9.67. The van der Waals surface area contributed by atoms with Crippen LogP contribution in [0.2, 0.25) is 0 Å². The molecule has 2 heterocycles. The minimum Gasteiger partial charge on any atom is -0.310 e. The summed E-state index contributed by atoms with van der Waals surface area (Å²) in [6, 6.07) is 60.2. The van der Waals surface area contributed by atoms with E-state index in [0.29, 0.717) is 50.6 Å². The van der Waals surface area contributed by atoms with E-state index < -0.39 is 11.7 Å². The lowest BCUT2D eigenvalue weighted by atomic mass is 9.93. The molecule has 0 bridgehead atoms. The third-order valence-electron chi connectivity index (χ3n) is 12.6. The van der Waals surface area contributed by atoms with Crippen LogP contribution in [0.3, 0.4) is 0 Å². The van der Waals surface area contributed by atoms with E-state index >= 15 is 0 Å². The highest BCUT2D eigenvalue weighted by Gasteiger charge is 2.31. The van der Waals surface area contributed by atoms with Gasteiger partial charge in [-0.05, 0) is 118 Å². The molecule has 0 N–H and O–H groups in total. The van der Waals surface area contributed by atoms with Crippen molar-refractivity contribution in [2.45, 2.75) is 6.18 Å². The summed E-state index contributed by atoms with van der Waals surface area (Å²) in [5, 5.41) is 13.5. The first-order valence-corrected chi connectivity index (χ1v) is 21.5. The highest BCUT2D eigenvalue weighted by Crippen LogP contribution is 2.48. The van der Waals surface area contributed by atoms with Gasteiger partial charge in [0.1, 0.15) is 0 Å². The summed E-state index contributed by atoms with van der Waals surface area (Å²) >= 11 is 0. The number of aromatic nitrogens is 2. The fourth-order valence-corrected chi connectivity index (χ4v) is 9.57. The van der Waals surface area contributed by atoms with E-state index in [1.165, 1.54) is 6.07 Å². The summed E-state index contributed by atoms with van der Waals surface area (Å²) in [6.07, 6.45) is -4.64. The molecular formula is C59H31F3N6. The van der Waals surface area contributed by atoms with Gasteiger partial charge in [-0.2, -0.15) is 18.4 Å². The molecule has 68 heavy (non-hydrogen) atoms. The summed E-state index contributed by atoms with van der Waals surface area (Å²) < 4.78 is 46.3. The van der Waals surface area contributed by atoms with E-state index in [0.717, 1.165) is 78.0 Å². The molecule has 2 aromatic heterocycles. The number of alkyl halides is 3. The summed E-state index contributed by atoms with van der Waals surface area (Å²) in [4.78, 5) is 11.4. The van der Waals surface area contributed by atoms with Crippen molar-refractivity contribution in [1.29, 1.82) is 5.26 Å². The van der Waals surface area contributed by atoms with Crippen LogP contribution in [-0.2, 0) is 6.18 Å². The molecule has 9 heteroatoms. The zero-order chi connectivity index (χ0) is 46.7. The van der Waals surface area contributed by atoms with Crippen LogP contribution in [-0.4, -0.2) is 9.13 Å². The fraction of sp³-hybridized carbons (Fsp3) is 0.0169. The molecule has 11 rings (SSSR count). The van der Waals surface area contributed by atoms with Crippen LogP contribution in [0.25, 0.3) is 114 Å². The Labute approximate surface area is 388 Å². The summed E-state index contributed by atoms with van der Waals surface area (Å²) in [6.45, 7) is 24.3. The predicted octanol–water partition coefficient (Wildman–Crippen LogP) is 17.1. The van der Waals surface area contributed by atoms with Crippen LogP contribution in [0, 0.1) is 31.0 Å². The number of hydrogen-bond acceptors (Lipinski definition) is 1. The molecule has 0 saturated carbocycles. The second-order valence-corrected chi connectivity index (χ2v) is 16.4. The van der Waals surface area contributed by atoms with E-state index in [2.05, 4.69) is 66.1 Å². The number of nitrogens with zero attached hydrogens (tertiary/aromatic N) is 6. The molecule has 0 amide bonds. The van der Waals surface area contributed by atoms with Crippen molar-refractivity contribution in [1.82, 2.24) is 9.13 Å². The maximum absolute atomic E-state index is 14.0. The first-order valence-electron chi connectivity index (χ1n) is 21.5. The van der Waals surface area contributed by atoms with E-state index in [4.69, 9.17) is 19.7 Å². The lowest BCUT2D eigenvalue weighted by Crippen LogP contribution is -2.04. The zero-order valence-electron chi connectivity index (χ0n) is 35.7. The molecule has 0 spiro atoms. The number of fused-ring (bicyclic) bond motifs is 6. The Kier molecular flexibility index (Phi) is 9.72.